The largest absolute Gasteiger partial charge is 0.342 e. The van der Waals surface area contributed by atoms with Gasteiger partial charge in [0.25, 0.3) is 0 Å². The second-order valence-corrected chi connectivity index (χ2v) is 5.76. The van der Waals surface area contributed by atoms with Gasteiger partial charge < -0.3 is 14.7 Å². The lowest BCUT2D eigenvalue weighted by atomic mass is 10.1. The van der Waals surface area contributed by atoms with Crippen molar-refractivity contribution < 1.29 is 9.59 Å². The van der Waals surface area contributed by atoms with Gasteiger partial charge in [0.2, 0.25) is 11.8 Å². The number of carbonyl (C=O) groups is 2. The molecule has 1 atom stereocenters. The summed E-state index contributed by atoms with van der Waals surface area (Å²) in [4.78, 5) is 29.5. The predicted molar refractivity (Wildman–Crippen MR) is 73.7 cm³/mol. The monoisotopic (exact) mass is 267 g/mol. The third-order valence-corrected chi connectivity index (χ3v) is 4.35. The van der Waals surface area contributed by atoms with Crippen molar-refractivity contribution in [2.75, 3.05) is 39.8 Å². The Morgan fingerprint density at radius 2 is 1.89 bits per heavy atom. The Labute approximate surface area is 115 Å². The van der Waals surface area contributed by atoms with Crippen molar-refractivity contribution in [2.45, 2.75) is 38.6 Å². The minimum absolute atomic E-state index is 0.0483. The van der Waals surface area contributed by atoms with E-state index in [0.717, 1.165) is 6.42 Å². The van der Waals surface area contributed by atoms with Crippen molar-refractivity contribution >= 4 is 11.8 Å². The average Bonchev–Trinajstić information content (AvgIpc) is 2.92. The molecule has 0 aromatic carbocycles. The third kappa shape index (κ3) is 3.69. The Bertz CT molecular complexity index is 340. The molecule has 2 heterocycles. The second-order valence-electron chi connectivity index (χ2n) is 5.76. The zero-order chi connectivity index (χ0) is 13.8. The summed E-state index contributed by atoms with van der Waals surface area (Å²) in [6.07, 6.45) is 4.03. The molecular formula is C14H25N3O2. The van der Waals surface area contributed by atoms with Gasteiger partial charge in [0.15, 0.2) is 0 Å². The van der Waals surface area contributed by atoms with Crippen LogP contribution < -0.4 is 0 Å². The van der Waals surface area contributed by atoms with Crippen LogP contribution in [-0.2, 0) is 9.59 Å². The van der Waals surface area contributed by atoms with Crippen molar-refractivity contribution in [3.63, 3.8) is 0 Å². The summed E-state index contributed by atoms with van der Waals surface area (Å²) < 4.78 is 0. The molecule has 2 aliphatic rings. The van der Waals surface area contributed by atoms with Gasteiger partial charge in [-0.1, -0.05) is 0 Å². The molecule has 2 rings (SSSR count). The number of hydrogen-bond acceptors (Lipinski definition) is 3. The highest BCUT2D eigenvalue weighted by molar-refractivity contribution is 5.85. The Hall–Kier alpha value is -1.10. The lowest BCUT2D eigenvalue weighted by molar-refractivity contribution is -0.144. The molecule has 5 heteroatoms. The van der Waals surface area contributed by atoms with E-state index in [1.165, 1.54) is 25.9 Å². The molecule has 108 valence electrons. The van der Waals surface area contributed by atoms with Crippen molar-refractivity contribution in [3.8, 4) is 0 Å². The topological polar surface area (TPSA) is 43.9 Å². The van der Waals surface area contributed by atoms with Crippen LogP contribution in [0, 0.1) is 0 Å². The first-order chi connectivity index (χ1) is 9.08. The van der Waals surface area contributed by atoms with Crippen LogP contribution in [0.15, 0.2) is 0 Å². The molecule has 0 aromatic heterocycles. The Morgan fingerprint density at radius 3 is 2.53 bits per heavy atom. The van der Waals surface area contributed by atoms with Crippen LogP contribution in [0.4, 0.5) is 0 Å². The molecule has 2 amide bonds. The molecule has 2 saturated heterocycles. The molecule has 0 aliphatic carbocycles. The Morgan fingerprint density at radius 1 is 1.21 bits per heavy atom. The van der Waals surface area contributed by atoms with E-state index in [2.05, 4.69) is 11.8 Å². The van der Waals surface area contributed by atoms with Gasteiger partial charge in [-0.05, 0) is 39.3 Å². The molecule has 0 aromatic rings. The first-order valence-electron chi connectivity index (χ1n) is 7.33. The molecular weight excluding hydrogens is 242 g/mol. The van der Waals surface area contributed by atoms with Gasteiger partial charge in [-0.3, -0.25) is 9.59 Å². The van der Waals surface area contributed by atoms with E-state index >= 15 is 0 Å². The number of hydrogen-bond donors (Lipinski definition) is 0. The summed E-state index contributed by atoms with van der Waals surface area (Å²) in [6, 6.07) is 0.481. The van der Waals surface area contributed by atoms with Crippen LogP contribution in [0.2, 0.25) is 0 Å². The Balaban J connectivity index is 1.73. The summed E-state index contributed by atoms with van der Waals surface area (Å²) in [5.41, 5.74) is 0. The van der Waals surface area contributed by atoms with Crippen molar-refractivity contribution in [1.29, 1.82) is 0 Å². The van der Waals surface area contributed by atoms with Gasteiger partial charge >= 0.3 is 0 Å². The SMILES string of the molecule is CC(CCC(=O)N1CCN(C)C(=O)C1)N1CCCC1. The van der Waals surface area contributed by atoms with Gasteiger partial charge in [0, 0.05) is 32.6 Å². The van der Waals surface area contributed by atoms with Gasteiger partial charge in [-0.25, -0.2) is 0 Å². The molecule has 1 unspecified atom stereocenters. The summed E-state index contributed by atoms with van der Waals surface area (Å²) in [6.45, 7) is 6.14. The first-order valence-corrected chi connectivity index (χ1v) is 7.33. The molecule has 2 fully saturated rings. The number of rotatable bonds is 4. The molecule has 19 heavy (non-hydrogen) atoms. The summed E-state index contributed by atoms with van der Waals surface area (Å²) in [5, 5.41) is 0. The maximum atomic E-state index is 12.1. The normalized spacial score (nSPS) is 22.9. The molecule has 2 aliphatic heterocycles. The smallest absolute Gasteiger partial charge is 0.241 e. The van der Waals surface area contributed by atoms with E-state index in [4.69, 9.17) is 0 Å². The van der Waals surface area contributed by atoms with E-state index < -0.39 is 0 Å². The number of likely N-dealkylation sites (tertiary alicyclic amines) is 1. The molecule has 0 N–H and O–H groups in total. The van der Waals surface area contributed by atoms with Gasteiger partial charge in [-0.15, -0.1) is 0 Å². The summed E-state index contributed by atoms with van der Waals surface area (Å²) in [5.74, 6) is 0.180. The molecule has 5 nitrogen and oxygen atoms in total. The summed E-state index contributed by atoms with van der Waals surface area (Å²) >= 11 is 0. The number of carbonyl (C=O) groups excluding carboxylic acids is 2. The van der Waals surface area contributed by atoms with Crippen LogP contribution in [0.5, 0.6) is 0 Å². The minimum atomic E-state index is 0.0483. The average molecular weight is 267 g/mol. The highest BCUT2D eigenvalue weighted by Crippen LogP contribution is 2.15. The van der Waals surface area contributed by atoms with Crippen molar-refractivity contribution in [1.82, 2.24) is 14.7 Å². The Kier molecular flexibility index (Phi) is 4.80. The molecule has 0 bridgehead atoms. The third-order valence-electron chi connectivity index (χ3n) is 4.35. The van der Waals surface area contributed by atoms with E-state index in [-0.39, 0.29) is 18.4 Å². The van der Waals surface area contributed by atoms with Crippen LogP contribution in [0.25, 0.3) is 0 Å². The lowest BCUT2D eigenvalue weighted by Gasteiger charge is -2.32. The van der Waals surface area contributed by atoms with Gasteiger partial charge in [0.05, 0.1) is 6.54 Å². The van der Waals surface area contributed by atoms with E-state index in [0.29, 0.717) is 25.6 Å². The fourth-order valence-electron chi connectivity index (χ4n) is 2.83. The van der Waals surface area contributed by atoms with Gasteiger partial charge in [0.1, 0.15) is 0 Å². The zero-order valence-corrected chi connectivity index (χ0v) is 12.1. The van der Waals surface area contributed by atoms with Crippen LogP contribution in [0.1, 0.15) is 32.6 Å². The quantitative estimate of drug-likeness (QED) is 0.747. The number of nitrogens with zero attached hydrogens (tertiary/aromatic N) is 3. The standard InChI is InChI=1S/C14H25N3O2/c1-12(16-7-3-4-8-16)5-6-13(18)17-10-9-15(2)14(19)11-17/h12H,3-11H2,1-2H3. The van der Waals surface area contributed by atoms with Crippen LogP contribution >= 0.6 is 0 Å². The van der Waals surface area contributed by atoms with Crippen LogP contribution in [0.3, 0.4) is 0 Å². The fraction of sp³-hybridized carbons (Fsp3) is 0.857. The number of piperazine rings is 1. The summed E-state index contributed by atoms with van der Waals surface area (Å²) in [7, 11) is 1.79. The first kappa shape index (κ1) is 14.3. The van der Waals surface area contributed by atoms with E-state index in [1.54, 1.807) is 16.8 Å². The maximum Gasteiger partial charge on any atom is 0.241 e. The molecule has 0 spiro atoms. The van der Waals surface area contributed by atoms with E-state index in [9.17, 15) is 9.59 Å². The highest BCUT2D eigenvalue weighted by atomic mass is 16.2. The van der Waals surface area contributed by atoms with Crippen molar-refractivity contribution in [2.24, 2.45) is 0 Å². The lowest BCUT2D eigenvalue weighted by Crippen LogP contribution is -2.50. The number of likely N-dealkylation sites (N-methyl/N-ethyl adjacent to an activating group) is 1. The minimum Gasteiger partial charge on any atom is -0.342 e. The number of amides is 2. The zero-order valence-electron chi connectivity index (χ0n) is 12.1. The maximum absolute atomic E-state index is 12.1. The van der Waals surface area contributed by atoms with Gasteiger partial charge in [-0.2, -0.15) is 0 Å². The van der Waals surface area contributed by atoms with E-state index in [1.807, 2.05) is 0 Å². The van der Waals surface area contributed by atoms with Crippen LogP contribution in [-0.4, -0.2) is 72.3 Å². The molecule has 0 radical (unpaired) electrons. The second kappa shape index (κ2) is 6.37. The van der Waals surface area contributed by atoms with Crippen molar-refractivity contribution in [3.05, 3.63) is 0 Å². The highest BCUT2D eigenvalue weighted by Gasteiger charge is 2.25. The predicted octanol–water partition coefficient (Wildman–Crippen LogP) is 0.552. The molecule has 0 saturated carbocycles. The fourth-order valence-corrected chi connectivity index (χ4v) is 2.83.